The average Bonchev–Trinajstić information content (AvgIpc) is 3.10. The van der Waals surface area contributed by atoms with Gasteiger partial charge in [-0.1, -0.05) is 0 Å². The van der Waals surface area contributed by atoms with Crippen LogP contribution in [0.25, 0.3) is 0 Å². The maximum absolute atomic E-state index is 12.5. The first-order valence-corrected chi connectivity index (χ1v) is 7.61. The van der Waals surface area contributed by atoms with Crippen LogP contribution in [-0.2, 0) is 16.0 Å². The van der Waals surface area contributed by atoms with Crippen molar-refractivity contribution >= 4 is 23.2 Å². The molecule has 4 N–H and O–H groups in total. The molecule has 21 heavy (non-hydrogen) atoms. The van der Waals surface area contributed by atoms with E-state index in [1.165, 1.54) is 6.42 Å². The molecule has 0 radical (unpaired) electrons. The van der Waals surface area contributed by atoms with Crippen LogP contribution in [0.4, 0.5) is 11.4 Å². The van der Waals surface area contributed by atoms with Gasteiger partial charge in [0.2, 0.25) is 11.8 Å². The molecule has 0 aromatic heterocycles. The smallest absolute Gasteiger partial charge is 0.229 e. The summed E-state index contributed by atoms with van der Waals surface area (Å²) in [6, 6.07) is 5.56. The topological polar surface area (TPSA) is 84.2 Å². The summed E-state index contributed by atoms with van der Waals surface area (Å²) in [5.41, 5.74) is 8.75. The van der Waals surface area contributed by atoms with E-state index >= 15 is 0 Å². The van der Waals surface area contributed by atoms with Crippen molar-refractivity contribution in [1.82, 2.24) is 0 Å². The zero-order valence-electron chi connectivity index (χ0n) is 11.8. The summed E-state index contributed by atoms with van der Waals surface area (Å²) in [7, 11) is 0. The van der Waals surface area contributed by atoms with E-state index in [1.807, 2.05) is 18.2 Å². The van der Waals surface area contributed by atoms with E-state index in [1.54, 1.807) is 0 Å². The number of anilines is 2. The lowest BCUT2D eigenvalue weighted by molar-refractivity contribution is -0.121. The van der Waals surface area contributed by atoms with E-state index in [0.717, 1.165) is 29.8 Å². The van der Waals surface area contributed by atoms with E-state index in [0.29, 0.717) is 18.3 Å². The largest absolute Gasteiger partial charge is 0.327 e. The van der Waals surface area contributed by atoms with Crippen molar-refractivity contribution in [3.8, 4) is 0 Å². The predicted octanol–water partition coefficient (Wildman–Crippen LogP) is 1.49. The molecular formula is C16H19N3O2. The first-order chi connectivity index (χ1) is 10.1. The highest BCUT2D eigenvalue weighted by Gasteiger charge is 2.49. The highest BCUT2D eigenvalue weighted by atomic mass is 16.2. The molecule has 110 valence electrons. The summed E-state index contributed by atoms with van der Waals surface area (Å²) < 4.78 is 0. The van der Waals surface area contributed by atoms with Gasteiger partial charge >= 0.3 is 0 Å². The van der Waals surface area contributed by atoms with Crippen molar-refractivity contribution in [2.45, 2.75) is 31.7 Å². The van der Waals surface area contributed by atoms with Crippen molar-refractivity contribution in [2.24, 2.45) is 23.5 Å². The molecule has 4 atom stereocenters. The third-order valence-corrected chi connectivity index (χ3v) is 5.28. The molecule has 4 unspecified atom stereocenters. The minimum Gasteiger partial charge on any atom is -0.327 e. The molecule has 1 heterocycles. The number of carbonyl (C=O) groups is 2. The van der Waals surface area contributed by atoms with Gasteiger partial charge in [0.1, 0.15) is 0 Å². The molecule has 1 aromatic rings. The van der Waals surface area contributed by atoms with Gasteiger partial charge in [0.25, 0.3) is 0 Å². The van der Waals surface area contributed by atoms with Crippen molar-refractivity contribution in [3.63, 3.8) is 0 Å². The van der Waals surface area contributed by atoms with Crippen LogP contribution in [0.3, 0.4) is 0 Å². The third kappa shape index (κ3) is 2.03. The number of nitrogens with one attached hydrogen (secondary N) is 2. The molecule has 2 amide bonds. The molecule has 5 heteroatoms. The van der Waals surface area contributed by atoms with Crippen LogP contribution in [0, 0.1) is 17.8 Å². The number of hydrogen-bond donors (Lipinski definition) is 3. The van der Waals surface area contributed by atoms with Gasteiger partial charge in [0.15, 0.2) is 0 Å². The third-order valence-electron chi connectivity index (χ3n) is 5.28. The minimum atomic E-state index is -0.0586. The number of amides is 2. The Hall–Kier alpha value is -1.88. The molecular weight excluding hydrogens is 266 g/mol. The second-order valence-corrected chi connectivity index (χ2v) is 6.52. The van der Waals surface area contributed by atoms with Crippen LogP contribution < -0.4 is 16.4 Å². The lowest BCUT2D eigenvalue weighted by atomic mass is 9.84. The number of fused-ring (bicyclic) bond motifs is 3. The fourth-order valence-electron chi connectivity index (χ4n) is 4.26. The summed E-state index contributed by atoms with van der Waals surface area (Å²) in [5, 5.41) is 5.78. The molecule has 4 rings (SSSR count). The predicted molar refractivity (Wildman–Crippen MR) is 79.7 cm³/mol. The number of nitrogens with two attached hydrogens (primary N) is 1. The number of benzene rings is 1. The monoisotopic (exact) mass is 285 g/mol. The average molecular weight is 285 g/mol. The van der Waals surface area contributed by atoms with Crippen LogP contribution in [0.5, 0.6) is 0 Å². The van der Waals surface area contributed by atoms with Gasteiger partial charge < -0.3 is 16.4 Å². The molecule has 5 nitrogen and oxygen atoms in total. The van der Waals surface area contributed by atoms with Crippen molar-refractivity contribution < 1.29 is 9.59 Å². The highest BCUT2D eigenvalue weighted by molar-refractivity contribution is 6.00. The molecule has 1 aliphatic heterocycles. The SMILES string of the molecule is NC1C2CCC(C2)C1C(=O)Nc1ccc2c(c1)CC(=O)N2. The lowest BCUT2D eigenvalue weighted by Crippen LogP contribution is -2.42. The van der Waals surface area contributed by atoms with E-state index in [9.17, 15) is 9.59 Å². The van der Waals surface area contributed by atoms with Crippen molar-refractivity contribution in [2.75, 3.05) is 10.6 Å². The Bertz CT molecular complexity index is 626. The van der Waals surface area contributed by atoms with Gasteiger partial charge in [0, 0.05) is 17.4 Å². The van der Waals surface area contributed by atoms with Gasteiger partial charge in [-0.3, -0.25) is 9.59 Å². The summed E-state index contributed by atoms with van der Waals surface area (Å²) in [6.07, 6.45) is 3.77. The van der Waals surface area contributed by atoms with Gasteiger partial charge in [0.05, 0.1) is 12.3 Å². The van der Waals surface area contributed by atoms with E-state index in [2.05, 4.69) is 10.6 Å². The van der Waals surface area contributed by atoms with Crippen LogP contribution in [0.2, 0.25) is 0 Å². The maximum Gasteiger partial charge on any atom is 0.229 e. The Kier molecular flexibility index (Phi) is 2.79. The van der Waals surface area contributed by atoms with Gasteiger partial charge in [-0.2, -0.15) is 0 Å². The second kappa shape index (κ2) is 4.56. The molecule has 1 aromatic carbocycles. The Morgan fingerprint density at radius 2 is 2.10 bits per heavy atom. The second-order valence-electron chi connectivity index (χ2n) is 6.52. The van der Waals surface area contributed by atoms with Gasteiger partial charge in [-0.25, -0.2) is 0 Å². The Morgan fingerprint density at radius 3 is 2.86 bits per heavy atom. The van der Waals surface area contributed by atoms with E-state index in [-0.39, 0.29) is 23.8 Å². The zero-order valence-corrected chi connectivity index (χ0v) is 11.8. The summed E-state index contributed by atoms with van der Waals surface area (Å²) in [6.45, 7) is 0. The molecule has 2 saturated carbocycles. The maximum atomic E-state index is 12.5. The van der Waals surface area contributed by atoms with Crippen LogP contribution in [0.1, 0.15) is 24.8 Å². The fraction of sp³-hybridized carbons (Fsp3) is 0.500. The van der Waals surface area contributed by atoms with Crippen molar-refractivity contribution in [1.29, 1.82) is 0 Å². The molecule has 0 saturated heterocycles. The molecule has 3 aliphatic rings. The minimum absolute atomic E-state index is 0.00132. The normalized spacial score (nSPS) is 32.9. The standard InChI is InChI=1S/C16H19N3O2/c17-15-9-2-1-8(5-9)14(15)16(21)18-11-3-4-12-10(6-11)7-13(20)19-12/h3-4,6,8-9,14-15H,1-2,5,7,17H2,(H,18,21)(H,19,20). The zero-order chi connectivity index (χ0) is 14.6. The Labute approximate surface area is 123 Å². The van der Waals surface area contributed by atoms with Crippen molar-refractivity contribution in [3.05, 3.63) is 23.8 Å². The number of rotatable bonds is 2. The first kappa shape index (κ1) is 12.8. The summed E-state index contributed by atoms with van der Waals surface area (Å²) in [4.78, 5) is 23.9. The van der Waals surface area contributed by atoms with E-state index < -0.39 is 0 Å². The summed E-state index contributed by atoms with van der Waals surface area (Å²) in [5.74, 6) is 0.947. The number of hydrogen-bond acceptors (Lipinski definition) is 3. The molecule has 0 spiro atoms. The van der Waals surface area contributed by atoms with Gasteiger partial charge in [-0.15, -0.1) is 0 Å². The summed E-state index contributed by atoms with van der Waals surface area (Å²) >= 11 is 0. The Balaban J connectivity index is 1.50. The molecule has 2 bridgehead atoms. The molecule has 2 fully saturated rings. The number of carbonyl (C=O) groups excluding carboxylic acids is 2. The molecule has 2 aliphatic carbocycles. The Morgan fingerprint density at radius 1 is 1.29 bits per heavy atom. The van der Waals surface area contributed by atoms with Crippen LogP contribution in [-0.4, -0.2) is 17.9 Å². The lowest BCUT2D eigenvalue weighted by Gasteiger charge is -2.27. The van der Waals surface area contributed by atoms with Crippen LogP contribution in [0.15, 0.2) is 18.2 Å². The fourth-order valence-corrected chi connectivity index (χ4v) is 4.26. The quantitative estimate of drug-likeness (QED) is 0.769. The van der Waals surface area contributed by atoms with Gasteiger partial charge in [-0.05, 0) is 54.9 Å². The highest BCUT2D eigenvalue weighted by Crippen LogP contribution is 2.48. The first-order valence-electron chi connectivity index (χ1n) is 7.61. The van der Waals surface area contributed by atoms with E-state index in [4.69, 9.17) is 5.73 Å². The van der Waals surface area contributed by atoms with Crippen LogP contribution >= 0.6 is 0 Å².